The van der Waals surface area contributed by atoms with E-state index < -0.39 is 10.7 Å². The predicted molar refractivity (Wildman–Crippen MR) is 70.3 cm³/mol. The van der Waals surface area contributed by atoms with Gasteiger partial charge in [-0.3, -0.25) is 10.1 Å². The van der Waals surface area contributed by atoms with Crippen LogP contribution in [0.15, 0.2) is 18.2 Å². The molecule has 0 amide bonds. The molecular formula is C13H19FN2O2. The first-order valence-electron chi connectivity index (χ1n) is 6.33. The minimum Gasteiger partial charge on any atom is -0.379 e. The van der Waals surface area contributed by atoms with Crippen molar-refractivity contribution in [3.8, 4) is 0 Å². The quantitative estimate of drug-likeness (QED) is 0.431. The molecule has 0 aliphatic carbocycles. The van der Waals surface area contributed by atoms with E-state index in [1.54, 1.807) is 0 Å². The highest BCUT2D eigenvalue weighted by atomic mass is 19.1. The predicted octanol–water partition coefficient (Wildman–Crippen LogP) is 4.12. The Kier molecular flexibility index (Phi) is 6.11. The highest BCUT2D eigenvalue weighted by molar-refractivity contribution is 5.61. The maximum atomic E-state index is 13.0. The minimum absolute atomic E-state index is 0.0787. The average molecular weight is 254 g/mol. The summed E-state index contributed by atoms with van der Waals surface area (Å²) in [4.78, 5) is 10.2. The van der Waals surface area contributed by atoms with E-state index in [4.69, 9.17) is 0 Å². The minimum atomic E-state index is -0.501. The van der Waals surface area contributed by atoms with Crippen molar-refractivity contribution < 1.29 is 9.31 Å². The van der Waals surface area contributed by atoms with Gasteiger partial charge in [0.15, 0.2) is 0 Å². The number of benzene rings is 1. The molecule has 100 valence electrons. The second-order valence-corrected chi connectivity index (χ2v) is 4.26. The lowest BCUT2D eigenvalue weighted by molar-refractivity contribution is -0.384. The summed E-state index contributed by atoms with van der Waals surface area (Å²) in [5.74, 6) is -0.464. The van der Waals surface area contributed by atoms with E-state index in [1.165, 1.54) is 31.4 Å². The maximum Gasteiger partial charge on any atom is 0.292 e. The van der Waals surface area contributed by atoms with Crippen LogP contribution < -0.4 is 5.32 Å². The SMILES string of the molecule is CCCCCCCNc1cc(F)ccc1[N+](=O)[O-]. The van der Waals surface area contributed by atoms with E-state index in [-0.39, 0.29) is 11.4 Å². The van der Waals surface area contributed by atoms with E-state index in [0.717, 1.165) is 18.9 Å². The first kappa shape index (κ1) is 14.4. The third kappa shape index (κ3) is 4.69. The molecule has 0 aromatic heterocycles. The molecule has 0 spiro atoms. The number of unbranched alkanes of at least 4 members (excludes halogenated alkanes) is 4. The Morgan fingerprint density at radius 2 is 2.00 bits per heavy atom. The number of nitro benzene ring substituents is 1. The summed E-state index contributed by atoms with van der Waals surface area (Å²) >= 11 is 0. The second kappa shape index (κ2) is 7.63. The zero-order chi connectivity index (χ0) is 13.4. The van der Waals surface area contributed by atoms with Crippen LogP contribution in [0.2, 0.25) is 0 Å². The summed E-state index contributed by atoms with van der Waals surface area (Å²) in [7, 11) is 0. The molecule has 1 N–H and O–H groups in total. The van der Waals surface area contributed by atoms with E-state index in [1.807, 2.05) is 0 Å². The number of hydrogen-bond donors (Lipinski definition) is 1. The maximum absolute atomic E-state index is 13.0. The van der Waals surface area contributed by atoms with Gasteiger partial charge in [0.1, 0.15) is 11.5 Å². The zero-order valence-electron chi connectivity index (χ0n) is 10.6. The van der Waals surface area contributed by atoms with Gasteiger partial charge in [0.2, 0.25) is 0 Å². The second-order valence-electron chi connectivity index (χ2n) is 4.26. The average Bonchev–Trinajstić information content (AvgIpc) is 2.33. The monoisotopic (exact) mass is 254 g/mol. The Morgan fingerprint density at radius 1 is 1.28 bits per heavy atom. The molecule has 4 nitrogen and oxygen atoms in total. The standard InChI is InChI=1S/C13H19FN2O2/c1-2-3-4-5-6-9-15-12-10-11(14)7-8-13(12)16(17)18/h7-8,10,15H,2-6,9H2,1H3. The van der Waals surface area contributed by atoms with Crippen LogP contribution in [-0.2, 0) is 0 Å². The van der Waals surface area contributed by atoms with E-state index in [9.17, 15) is 14.5 Å². The number of nitro groups is 1. The Bertz CT molecular complexity index is 397. The zero-order valence-corrected chi connectivity index (χ0v) is 10.6. The lowest BCUT2D eigenvalue weighted by Crippen LogP contribution is -2.04. The van der Waals surface area contributed by atoms with Crippen molar-refractivity contribution in [2.24, 2.45) is 0 Å². The molecule has 0 saturated heterocycles. The molecule has 1 aromatic rings. The summed E-state index contributed by atoms with van der Waals surface area (Å²) in [6, 6.07) is 3.46. The van der Waals surface area contributed by atoms with Crippen molar-refractivity contribution in [3.05, 3.63) is 34.1 Å². The van der Waals surface area contributed by atoms with Gasteiger partial charge in [-0.1, -0.05) is 32.6 Å². The van der Waals surface area contributed by atoms with Crippen molar-refractivity contribution in [1.82, 2.24) is 0 Å². The molecule has 0 saturated carbocycles. The smallest absolute Gasteiger partial charge is 0.292 e. The summed E-state index contributed by atoms with van der Waals surface area (Å²) in [5.41, 5.74) is 0.181. The number of rotatable bonds is 8. The number of nitrogens with one attached hydrogen (secondary N) is 1. The van der Waals surface area contributed by atoms with Gasteiger partial charge in [-0.25, -0.2) is 4.39 Å². The van der Waals surface area contributed by atoms with Crippen molar-refractivity contribution in [1.29, 1.82) is 0 Å². The summed E-state index contributed by atoms with van der Waals surface area (Å²) in [5, 5.41) is 13.7. The third-order valence-corrected chi connectivity index (χ3v) is 2.75. The van der Waals surface area contributed by atoms with Crippen LogP contribution in [-0.4, -0.2) is 11.5 Å². The van der Waals surface area contributed by atoms with Crippen LogP contribution in [0.3, 0.4) is 0 Å². The Hall–Kier alpha value is -1.65. The molecule has 1 rings (SSSR count). The van der Waals surface area contributed by atoms with Crippen molar-refractivity contribution in [2.45, 2.75) is 39.0 Å². The molecule has 5 heteroatoms. The van der Waals surface area contributed by atoms with Crippen LogP contribution in [0.1, 0.15) is 39.0 Å². The molecule has 0 unspecified atom stereocenters. The fourth-order valence-electron chi connectivity index (χ4n) is 1.76. The molecule has 0 heterocycles. The van der Waals surface area contributed by atoms with Gasteiger partial charge < -0.3 is 5.32 Å². The van der Waals surface area contributed by atoms with Gasteiger partial charge in [-0.05, 0) is 12.5 Å². The van der Waals surface area contributed by atoms with Crippen LogP contribution in [0.4, 0.5) is 15.8 Å². The van der Waals surface area contributed by atoms with Gasteiger partial charge in [-0.2, -0.15) is 0 Å². The van der Waals surface area contributed by atoms with Gasteiger partial charge in [-0.15, -0.1) is 0 Å². The fourth-order valence-corrected chi connectivity index (χ4v) is 1.76. The van der Waals surface area contributed by atoms with Gasteiger partial charge in [0.25, 0.3) is 5.69 Å². The number of hydrogen-bond acceptors (Lipinski definition) is 3. The van der Waals surface area contributed by atoms with Crippen molar-refractivity contribution in [3.63, 3.8) is 0 Å². The molecular weight excluding hydrogens is 235 g/mol. The Morgan fingerprint density at radius 3 is 2.67 bits per heavy atom. The highest BCUT2D eigenvalue weighted by Crippen LogP contribution is 2.24. The molecule has 18 heavy (non-hydrogen) atoms. The molecule has 0 aliphatic rings. The van der Waals surface area contributed by atoms with Gasteiger partial charge in [0.05, 0.1) is 4.92 Å². The summed E-state index contributed by atoms with van der Waals surface area (Å²) in [6.45, 7) is 2.78. The third-order valence-electron chi connectivity index (χ3n) is 2.75. The van der Waals surface area contributed by atoms with Crippen molar-refractivity contribution >= 4 is 11.4 Å². The van der Waals surface area contributed by atoms with Crippen molar-refractivity contribution in [2.75, 3.05) is 11.9 Å². The topological polar surface area (TPSA) is 55.2 Å². The normalized spacial score (nSPS) is 10.3. The lowest BCUT2D eigenvalue weighted by atomic mass is 10.1. The van der Waals surface area contributed by atoms with E-state index >= 15 is 0 Å². The molecule has 1 aromatic carbocycles. The highest BCUT2D eigenvalue weighted by Gasteiger charge is 2.13. The molecule has 0 bridgehead atoms. The first-order valence-corrected chi connectivity index (χ1v) is 6.33. The van der Waals surface area contributed by atoms with Gasteiger partial charge in [0, 0.05) is 18.7 Å². The summed E-state index contributed by atoms with van der Waals surface area (Å²) < 4.78 is 13.0. The number of nitrogens with zero attached hydrogens (tertiary/aromatic N) is 1. The lowest BCUT2D eigenvalue weighted by Gasteiger charge is -2.07. The Labute approximate surface area is 106 Å². The number of anilines is 1. The van der Waals surface area contributed by atoms with E-state index in [0.29, 0.717) is 6.54 Å². The molecule has 0 aliphatic heterocycles. The molecule has 0 atom stereocenters. The van der Waals surface area contributed by atoms with E-state index in [2.05, 4.69) is 12.2 Å². The Balaban J connectivity index is 2.45. The first-order chi connectivity index (χ1) is 8.65. The molecule has 0 fully saturated rings. The fraction of sp³-hybridized carbons (Fsp3) is 0.538. The summed E-state index contributed by atoms with van der Waals surface area (Å²) in [6.07, 6.45) is 5.59. The largest absolute Gasteiger partial charge is 0.379 e. The van der Waals surface area contributed by atoms with Crippen LogP contribution in [0, 0.1) is 15.9 Å². The molecule has 0 radical (unpaired) electrons. The number of halogens is 1. The van der Waals surface area contributed by atoms with Crippen LogP contribution in [0.25, 0.3) is 0 Å². The van der Waals surface area contributed by atoms with Crippen LogP contribution in [0.5, 0.6) is 0 Å². The van der Waals surface area contributed by atoms with Gasteiger partial charge >= 0.3 is 0 Å². The van der Waals surface area contributed by atoms with Crippen LogP contribution >= 0.6 is 0 Å².